The number of hydrogen-bond donors (Lipinski definition) is 1. The smallest absolute Gasteiger partial charge is 0.271 e. The molecule has 3 aromatic rings. The lowest BCUT2D eigenvalue weighted by molar-refractivity contribution is 0.0955. The molecule has 28 heavy (non-hydrogen) atoms. The Morgan fingerprint density at radius 1 is 1.04 bits per heavy atom. The third-order valence-corrected chi connectivity index (χ3v) is 4.11. The second-order valence-corrected chi connectivity index (χ2v) is 6.31. The summed E-state index contributed by atoms with van der Waals surface area (Å²) in [5.74, 6) is 0.335. The van der Waals surface area contributed by atoms with Crippen LogP contribution < -0.4 is 10.2 Å². The maximum absolute atomic E-state index is 12.1. The largest absolute Gasteiger partial charge is 0.489 e. The number of nitrogens with zero attached hydrogens (tertiary/aromatic N) is 2. The molecule has 6 heteroatoms. The summed E-state index contributed by atoms with van der Waals surface area (Å²) in [7, 11) is 0. The number of halogens is 1. The van der Waals surface area contributed by atoms with E-state index in [1.807, 2.05) is 30.3 Å². The molecule has 0 saturated carbocycles. The molecule has 1 amide bonds. The number of ether oxygens (including phenoxy) is 1. The fourth-order valence-corrected chi connectivity index (χ4v) is 2.45. The summed E-state index contributed by atoms with van der Waals surface area (Å²) in [4.78, 5) is 12.1. The van der Waals surface area contributed by atoms with Crippen molar-refractivity contribution in [3.63, 3.8) is 0 Å². The highest BCUT2D eigenvalue weighted by Gasteiger charge is 2.04. The summed E-state index contributed by atoms with van der Waals surface area (Å²) < 4.78 is 5.70. The topological polar surface area (TPSA) is 74.5 Å². The van der Waals surface area contributed by atoms with E-state index in [0.717, 1.165) is 11.1 Å². The highest BCUT2D eigenvalue weighted by atomic mass is 35.5. The lowest BCUT2D eigenvalue weighted by atomic mass is 10.2. The van der Waals surface area contributed by atoms with Crippen molar-refractivity contribution in [2.24, 2.45) is 5.10 Å². The first-order valence-corrected chi connectivity index (χ1v) is 8.83. The molecule has 0 aliphatic carbocycles. The molecule has 0 spiro atoms. The molecule has 0 aromatic heterocycles. The zero-order valence-corrected chi connectivity index (χ0v) is 15.6. The number of carbonyl (C=O) groups is 1. The van der Waals surface area contributed by atoms with Gasteiger partial charge >= 0.3 is 0 Å². The highest BCUT2D eigenvalue weighted by Crippen LogP contribution is 2.15. The van der Waals surface area contributed by atoms with Crippen molar-refractivity contribution in [3.8, 4) is 11.8 Å². The van der Waals surface area contributed by atoms with Crippen LogP contribution in [0.25, 0.3) is 0 Å². The molecule has 1 N–H and O–H groups in total. The molecule has 0 bridgehead atoms. The molecule has 0 radical (unpaired) electrons. The third-order valence-electron chi connectivity index (χ3n) is 3.85. The molecule has 0 aliphatic heterocycles. The first kappa shape index (κ1) is 19.2. The molecular formula is C22H16ClN3O2. The molecule has 0 fully saturated rings. The van der Waals surface area contributed by atoms with Gasteiger partial charge in [0.2, 0.25) is 0 Å². The standard InChI is InChI=1S/C22H16ClN3O2/c23-20-9-5-18(6-10-20)15-28-21-11-7-19(8-12-21)22(27)26-25-14-17-3-1-16(13-24)2-4-17/h1-12,14H,15H2,(H,26,27). The lowest BCUT2D eigenvalue weighted by Crippen LogP contribution is -2.17. The van der Waals surface area contributed by atoms with Crippen LogP contribution in [-0.4, -0.2) is 12.1 Å². The van der Waals surface area contributed by atoms with Gasteiger partial charge in [-0.05, 0) is 59.7 Å². The number of hydrazone groups is 1. The minimum absolute atomic E-state index is 0.325. The quantitative estimate of drug-likeness (QED) is 0.496. The van der Waals surface area contributed by atoms with Crippen molar-refractivity contribution >= 4 is 23.7 Å². The van der Waals surface area contributed by atoms with E-state index in [9.17, 15) is 4.79 Å². The monoisotopic (exact) mass is 389 g/mol. The Labute approximate surface area is 167 Å². The van der Waals surface area contributed by atoms with Crippen molar-refractivity contribution in [2.75, 3.05) is 0 Å². The molecule has 3 aromatic carbocycles. The Morgan fingerprint density at radius 2 is 1.71 bits per heavy atom. The average molecular weight is 390 g/mol. The first-order chi connectivity index (χ1) is 13.6. The fourth-order valence-electron chi connectivity index (χ4n) is 2.32. The Hall–Kier alpha value is -3.62. The molecule has 0 unspecified atom stereocenters. The Kier molecular flexibility index (Phi) is 6.40. The van der Waals surface area contributed by atoms with Crippen LogP contribution >= 0.6 is 11.6 Å². The SMILES string of the molecule is N#Cc1ccc(C=NNC(=O)c2ccc(OCc3ccc(Cl)cc3)cc2)cc1. The normalized spacial score (nSPS) is 10.4. The van der Waals surface area contributed by atoms with Crippen molar-refractivity contribution < 1.29 is 9.53 Å². The summed E-state index contributed by atoms with van der Waals surface area (Å²) in [6, 6.07) is 23.1. The van der Waals surface area contributed by atoms with Gasteiger partial charge in [0.25, 0.3) is 5.91 Å². The third kappa shape index (κ3) is 5.44. The van der Waals surface area contributed by atoms with Gasteiger partial charge in [0.1, 0.15) is 12.4 Å². The van der Waals surface area contributed by atoms with E-state index in [1.54, 1.807) is 48.5 Å². The Morgan fingerprint density at radius 3 is 2.36 bits per heavy atom. The number of nitriles is 1. The van der Waals surface area contributed by atoms with Crippen molar-refractivity contribution in [1.82, 2.24) is 5.43 Å². The lowest BCUT2D eigenvalue weighted by Gasteiger charge is -2.07. The fraction of sp³-hybridized carbons (Fsp3) is 0.0455. The summed E-state index contributed by atoms with van der Waals surface area (Å²) in [6.45, 7) is 0.414. The number of hydrogen-bond acceptors (Lipinski definition) is 4. The maximum Gasteiger partial charge on any atom is 0.271 e. The Balaban J connectivity index is 1.52. The van der Waals surface area contributed by atoms with Gasteiger partial charge in [-0.1, -0.05) is 35.9 Å². The van der Waals surface area contributed by atoms with Crippen LogP contribution in [0.1, 0.15) is 27.0 Å². The predicted octanol–water partition coefficient (Wildman–Crippen LogP) is 4.55. The van der Waals surface area contributed by atoms with Crippen LogP contribution in [0.5, 0.6) is 5.75 Å². The van der Waals surface area contributed by atoms with E-state index in [0.29, 0.717) is 28.5 Å². The Bertz CT molecular complexity index is 1010. The minimum Gasteiger partial charge on any atom is -0.489 e. The zero-order valence-electron chi connectivity index (χ0n) is 14.8. The summed E-state index contributed by atoms with van der Waals surface area (Å²) in [5.41, 5.74) is 5.29. The van der Waals surface area contributed by atoms with Crippen LogP contribution in [0, 0.1) is 11.3 Å². The van der Waals surface area contributed by atoms with E-state index in [2.05, 4.69) is 10.5 Å². The number of carbonyl (C=O) groups excluding carboxylic acids is 1. The molecule has 0 atom stereocenters. The summed E-state index contributed by atoms with van der Waals surface area (Å²) in [5, 5.41) is 13.4. The summed E-state index contributed by atoms with van der Waals surface area (Å²) in [6.07, 6.45) is 1.52. The van der Waals surface area contributed by atoms with Crippen LogP contribution in [0.2, 0.25) is 5.02 Å². The number of benzene rings is 3. The summed E-state index contributed by atoms with van der Waals surface area (Å²) >= 11 is 5.86. The molecule has 138 valence electrons. The zero-order chi connectivity index (χ0) is 19.8. The van der Waals surface area contributed by atoms with Gasteiger partial charge in [0.15, 0.2) is 0 Å². The van der Waals surface area contributed by atoms with E-state index in [4.69, 9.17) is 21.6 Å². The van der Waals surface area contributed by atoms with E-state index in [-0.39, 0.29) is 5.91 Å². The van der Waals surface area contributed by atoms with Gasteiger partial charge in [-0.25, -0.2) is 5.43 Å². The molecule has 0 aliphatic rings. The molecular weight excluding hydrogens is 374 g/mol. The predicted molar refractivity (Wildman–Crippen MR) is 108 cm³/mol. The van der Waals surface area contributed by atoms with Gasteiger partial charge < -0.3 is 4.74 Å². The van der Waals surface area contributed by atoms with Crippen molar-refractivity contribution in [2.45, 2.75) is 6.61 Å². The van der Waals surface area contributed by atoms with Crippen LogP contribution in [0.15, 0.2) is 77.9 Å². The molecule has 0 heterocycles. The minimum atomic E-state index is -0.325. The average Bonchev–Trinajstić information content (AvgIpc) is 2.74. The van der Waals surface area contributed by atoms with Crippen molar-refractivity contribution in [1.29, 1.82) is 5.26 Å². The first-order valence-electron chi connectivity index (χ1n) is 8.45. The number of nitrogens with one attached hydrogen (secondary N) is 1. The van der Waals surface area contributed by atoms with Gasteiger partial charge in [0.05, 0.1) is 17.8 Å². The van der Waals surface area contributed by atoms with Crippen LogP contribution in [-0.2, 0) is 6.61 Å². The number of amides is 1. The van der Waals surface area contributed by atoms with Gasteiger partial charge in [0, 0.05) is 10.6 Å². The molecule has 0 saturated heterocycles. The van der Waals surface area contributed by atoms with E-state index >= 15 is 0 Å². The van der Waals surface area contributed by atoms with Crippen LogP contribution in [0.3, 0.4) is 0 Å². The molecule has 3 rings (SSSR count). The van der Waals surface area contributed by atoms with E-state index < -0.39 is 0 Å². The number of rotatable bonds is 6. The van der Waals surface area contributed by atoms with Gasteiger partial charge in [-0.2, -0.15) is 10.4 Å². The second-order valence-electron chi connectivity index (χ2n) is 5.87. The molecule has 5 nitrogen and oxygen atoms in total. The van der Waals surface area contributed by atoms with Crippen LogP contribution in [0.4, 0.5) is 0 Å². The maximum atomic E-state index is 12.1. The second kappa shape index (κ2) is 9.36. The van der Waals surface area contributed by atoms with Crippen molar-refractivity contribution in [3.05, 3.63) is 100 Å². The van der Waals surface area contributed by atoms with Gasteiger partial charge in [-0.3, -0.25) is 4.79 Å². The highest BCUT2D eigenvalue weighted by molar-refractivity contribution is 6.30. The van der Waals surface area contributed by atoms with E-state index in [1.165, 1.54) is 6.21 Å². The van der Waals surface area contributed by atoms with Gasteiger partial charge in [-0.15, -0.1) is 0 Å².